The third kappa shape index (κ3) is 4.53. The van der Waals surface area contributed by atoms with Crippen LogP contribution in [0.25, 0.3) is 0 Å². The van der Waals surface area contributed by atoms with Crippen molar-refractivity contribution in [2.75, 3.05) is 18.4 Å². The van der Waals surface area contributed by atoms with Crippen LogP contribution in [0.15, 0.2) is 24.3 Å². The number of nitrogens with zero attached hydrogens (tertiary/aromatic N) is 1. The molecule has 0 aliphatic rings. The number of rotatable bonds is 7. The fourth-order valence-corrected chi connectivity index (χ4v) is 3.26. The van der Waals surface area contributed by atoms with Crippen LogP contribution in [0, 0.1) is 0 Å². The van der Waals surface area contributed by atoms with E-state index in [1.54, 1.807) is 12.1 Å². The summed E-state index contributed by atoms with van der Waals surface area (Å²) < 4.78 is 16.2. The molecule has 102 valence electrons. The van der Waals surface area contributed by atoms with Gasteiger partial charge in [0.2, 0.25) is 0 Å². The quantitative estimate of drug-likeness (QED) is 0.591. The van der Waals surface area contributed by atoms with Gasteiger partial charge in [0.25, 0.3) is 0 Å². The van der Waals surface area contributed by atoms with Gasteiger partial charge < -0.3 is 4.52 Å². The third-order valence-electron chi connectivity index (χ3n) is 1.86. The van der Waals surface area contributed by atoms with E-state index in [-0.39, 0.29) is 10.9 Å². The molecule has 8 heteroatoms. The smallest absolute Gasteiger partial charge is 0.380 e. The maximum Gasteiger partial charge on any atom is 0.380 e. The molecular formula is C10H16NO5PS. The summed E-state index contributed by atoms with van der Waals surface area (Å²) in [5.74, 6) is 0.450. The highest BCUT2D eigenvalue weighted by Crippen LogP contribution is 2.49. The van der Waals surface area contributed by atoms with Crippen LogP contribution >= 0.6 is 6.72 Å². The Morgan fingerprint density at radius 3 is 2.00 bits per heavy atom. The van der Waals surface area contributed by atoms with Gasteiger partial charge in [-0.05, 0) is 38.1 Å². The van der Waals surface area contributed by atoms with Crippen molar-refractivity contribution < 1.29 is 24.0 Å². The maximum atomic E-state index is 8.80. The van der Waals surface area contributed by atoms with Gasteiger partial charge in [-0.2, -0.15) is 0 Å². The molecule has 0 aliphatic carbocycles. The van der Waals surface area contributed by atoms with Crippen LogP contribution in [0.1, 0.15) is 13.8 Å². The van der Waals surface area contributed by atoms with Crippen molar-refractivity contribution in [2.45, 2.75) is 13.8 Å². The lowest BCUT2D eigenvalue weighted by Crippen LogP contribution is -2.10. The second kappa shape index (κ2) is 7.04. The Bertz CT molecular complexity index is 401. The van der Waals surface area contributed by atoms with Gasteiger partial charge >= 0.3 is 6.72 Å². The summed E-state index contributed by atoms with van der Waals surface area (Å²) >= 11 is 5.20. The Balaban J connectivity index is 2.78. The standard InChI is InChI=1S/C10H16NO5PS/c1-3-14-17(18,15-4-2)16-10-7-5-9(6-8-10)11(12)13/h5-8,12-13H,3-4H2,1-2H3. The fraction of sp³-hybridized carbons (Fsp3) is 0.400. The second-order valence-corrected chi connectivity index (χ2v) is 6.09. The van der Waals surface area contributed by atoms with Gasteiger partial charge in [-0.15, -0.1) is 5.23 Å². The third-order valence-corrected chi connectivity index (χ3v) is 4.30. The molecule has 1 rings (SSSR count). The first-order valence-corrected chi connectivity index (χ1v) is 7.93. The summed E-state index contributed by atoms with van der Waals surface area (Å²) in [7, 11) is 0. The van der Waals surface area contributed by atoms with E-state index in [2.05, 4.69) is 0 Å². The lowest BCUT2D eigenvalue weighted by molar-refractivity contribution is 0.0291. The van der Waals surface area contributed by atoms with Gasteiger partial charge in [0, 0.05) is 11.8 Å². The Labute approximate surface area is 111 Å². The molecule has 0 radical (unpaired) electrons. The summed E-state index contributed by atoms with van der Waals surface area (Å²) in [6.07, 6.45) is 0. The molecule has 0 saturated heterocycles. The van der Waals surface area contributed by atoms with Crippen molar-refractivity contribution in [3.05, 3.63) is 24.3 Å². The van der Waals surface area contributed by atoms with Crippen LogP contribution in [0.5, 0.6) is 5.75 Å². The highest BCUT2D eigenvalue weighted by atomic mass is 32.5. The average Bonchev–Trinajstić information content (AvgIpc) is 2.30. The maximum absolute atomic E-state index is 8.80. The minimum atomic E-state index is -2.79. The summed E-state index contributed by atoms with van der Waals surface area (Å²) in [5.41, 5.74) is 0.212. The molecule has 0 spiro atoms. The first-order chi connectivity index (χ1) is 8.50. The Morgan fingerprint density at radius 2 is 1.61 bits per heavy atom. The molecule has 2 N–H and O–H groups in total. The molecule has 1 aromatic carbocycles. The largest absolute Gasteiger partial charge is 0.424 e. The normalized spacial score (nSPS) is 11.3. The Hall–Kier alpha value is -0.690. The predicted molar refractivity (Wildman–Crippen MR) is 70.7 cm³/mol. The summed E-state index contributed by atoms with van der Waals surface area (Å²) in [6.45, 7) is 1.63. The highest BCUT2D eigenvalue weighted by molar-refractivity contribution is 8.07. The van der Waals surface area contributed by atoms with Gasteiger partial charge in [0.1, 0.15) is 5.75 Å². The molecule has 1 aromatic rings. The lowest BCUT2D eigenvalue weighted by Gasteiger charge is -2.21. The van der Waals surface area contributed by atoms with Gasteiger partial charge in [-0.25, -0.2) is 0 Å². The first-order valence-electron chi connectivity index (χ1n) is 5.37. The van der Waals surface area contributed by atoms with Crippen molar-refractivity contribution in [1.29, 1.82) is 0 Å². The zero-order chi connectivity index (χ0) is 13.6. The van der Waals surface area contributed by atoms with Gasteiger partial charge in [-0.3, -0.25) is 19.5 Å². The zero-order valence-electron chi connectivity index (χ0n) is 10.1. The van der Waals surface area contributed by atoms with Crippen LogP contribution in [0.3, 0.4) is 0 Å². The fourth-order valence-electron chi connectivity index (χ4n) is 1.18. The molecule has 0 bridgehead atoms. The molecule has 0 aromatic heterocycles. The van der Waals surface area contributed by atoms with Crippen LogP contribution in [0.2, 0.25) is 0 Å². The summed E-state index contributed by atoms with van der Waals surface area (Å²) in [5, 5.41) is 17.6. The van der Waals surface area contributed by atoms with Crippen molar-refractivity contribution in [3.8, 4) is 5.75 Å². The van der Waals surface area contributed by atoms with Crippen LogP contribution < -0.4 is 9.75 Å². The average molecular weight is 293 g/mol. The second-order valence-electron chi connectivity index (χ2n) is 3.16. The first kappa shape index (κ1) is 15.4. The molecule has 6 nitrogen and oxygen atoms in total. The van der Waals surface area contributed by atoms with E-state index in [9.17, 15) is 0 Å². The topological polar surface area (TPSA) is 71.4 Å². The van der Waals surface area contributed by atoms with Crippen LogP contribution in [0.4, 0.5) is 5.69 Å². The van der Waals surface area contributed by atoms with Crippen molar-refractivity contribution in [3.63, 3.8) is 0 Å². The Morgan fingerprint density at radius 1 is 1.11 bits per heavy atom. The number of anilines is 1. The van der Waals surface area contributed by atoms with Crippen LogP contribution in [-0.4, -0.2) is 23.6 Å². The SMILES string of the molecule is CCOP(=S)(OCC)Oc1ccc(N(O)O)cc1. The lowest BCUT2D eigenvalue weighted by atomic mass is 10.3. The van der Waals surface area contributed by atoms with E-state index in [0.717, 1.165) is 0 Å². The van der Waals surface area contributed by atoms with E-state index in [1.165, 1.54) is 12.1 Å². The minimum Gasteiger partial charge on any atom is -0.424 e. The van der Waals surface area contributed by atoms with E-state index in [1.807, 2.05) is 13.8 Å². The number of hydrogen-bond acceptors (Lipinski definition) is 7. The monoisotopic (exact) mass is 293 g/mol. The van der Waals surface area contributed by atoms with Gasteiger partial charge in [-0.1, -0.05) is 0 Å². The minimum absolute atomic E-state index is 0.0188. The van der Waals surface area contributed by atoms with Gasteiger partial charge in [0.05, 0.1) is 18.9 Å². The number of benzene rings is 1. The summed E-state index contributed by atoms with van der Waals surface area (Å²) in [4.78, 5) is 0. The molecule has 0 fully saturated rings. The molecule has 18 heavy (non-hydrogen) atoms. The number of hydrogen-bond donors (Lipinski definition) is 2. The van der Waals surface area contributed by atoms with E-state index in [4.69, 9.17) is 35.8 Å². The molecular weight excluding hydrogens is 277 g/mol. The van der Waals surface area contributed by atoms with Crippen molar-refractivity contribution >= 4 is 24.2 Å². The van der Waals surface area contributed by atoms with Crippen molar-refractivity contribution in [1.82, 2.24) is 0 Å². The van der Waals surface area contributed by atoms with Gasteiger partial charge in [0.15, 0.2) is 0 Å². The predicted octanol–water partition coefficient (Wildman–Crippen LogP) is 2.95. The van der Waals surface area contributed by atoms with Crippen molar-refractivity contribution in [2.24, 2.45) is 0 Å². The van der Waals surface area contributed by atoms with E-state index in [0.29, 0.717) is 19.0 Å². The zero-order valence-corrected chi connectivity index (χ0v) is 11.9. The van der Waals surface area contributed by atoms with Crippen LogP contribution in [-0.2, 0) is 20.9 Å². The molecule has 0 saturated carbocycles. The molecule has 0 unspecified atom stereocenters. The molecule has 0 aliphatic heterocycles. The highest BCUT2D eigenvalue weighted by Gasteiger charge is 2.21. The molecule has 0 heterocycles. The van der Waals surface area contributed by atoms with E-state index < -0.39 is 6.72 Å². The summed E-state index contributed by atoms with van der Waals surface area (Å²) in [6, 6.07) is 6.03. The molecule has 0 amide bonds. The Kier molecular flexibility index (Phi) is 6.01. The molecule has 0 atom stereocenters. The van der Waals surface area contributed by atoms with E-state index >= 15 is 0 Å².